The minimum Gasteiger partial charge on any atom is -0.381 e. The van der Waals surface area contributed by atoms with Gasteiger partial charge in [0.25, 0.3) is 0 Å². The highest BCUT2D eigenvalue weighted by atomic mass is 16.5. The molecule has 3 atom stereocenters. The highest BCUT2D eigenvalue weighted by Crippen LogP contribution is 2.42. The summed E-state index contributed by atoms with van der Waals surface area (Å²) in [5, 5.41) is 3.10. The number of nitrogens with one attached hydrogen (secondary N) is 1. The zero-order valence-corrected chi connectivity index (χ0v) is 15.7. The third kappa shape index (κ3) is 4.20. The lowest BCUT2D eigenvalue weighted by molar-refractivity contribution is -0.148. The molecule has 0 aromatic heterocycles. The molecule has 3 saturated heterocycles. The van der Waals surface area contributed by atoms with Crippen molar-refractivity contribution in [2.45, 2.75) is 63.6 Å². The van der Waals surface area contributed by atoms with Crippen molar-refractivity contribution in [1.82, 2.24) is 10.2 Å². The number of carbonyl (C=O) groups is 1. The first-order valence-electron chi connectivity index (χ1n) is 10.4. The van der Waals surface area contributed by atoms with E-state index in [0.717, 1.165) is 63.9 Å². The Morgan fingerprint density at radius 3 is 2.64 bits per heavy atom. The second kappa shape index (κ2) is 7.53. The highest BCUT2D eigenvalue weighted by Gasteiger charge is 2.49. The molecule has 1 amide bonds. The number of piperidine rings is 1. The van der Waals surface area contributed by atoms with Crippen LogP contribution >= 0.6 is 0 Å². The van der Waals surface area contributed by atoms with Gasteiger partial charge in [0.15, 0.2) is 0 Å². The lowest BCUT2D eigenvalue weighted by Gasteiger charge is -2.45. The molecule has 1 unspecified atom stereocenters. The normalized spacial score (nSPS) is 37.5. The number of likely N-dealkylation sites (tertiary alicyclic amines) is 1. The van der Waals surface area contributed by atoms with Gasteiger partial charge in [-0.1, -0.05) is 6.92 Å². The number of rotatable bonds is 5. The predicted molar refractivity (Wildman–Crippen MR) is 96.3 cm³/mol. The summed E-state index contributed by atoms with van der Waals surface area (Å²) in [6.45, 7) is 8.44. The average Bonchev–Trinajstić information content (AvgIpc) is 3.35. The summed E-state index contributed by atoms with van der Waals surface area (Å²) in [5.74, 6) is 2.15. The van der Waals surface area contributed by atoms with Crippen molar-refractivity contribution in [2.24, 2.45) is 17.8 Å². The van der Waals surface area contributed by atoms with E-state index in [1.807, 2.05) is 0 Å². The van der Waals surface area contributed by atoms with E-state index in [4.69, 9.17) is 9.47 Å². The Morgan fingerprint density at radius 1 is 1.12 bits per heavy atom. The maximum absolute atomic E-state index is 12.4. The summed E-state index contributed by atoms with van der Waals surface area (Å²) in [6, 6.07) is 0. The Bertz CT molecular complexity index is 476. The molecule has 0 aromatic carbocycles. The van der Waals surface area contributed by atoms with Gasteiger partial charge in [0, 0.05) is 39.4 Å². The predicted octanol–water partition coefficient (Wildman–Crippen LogP) is 2.20. The van der Waals surface area contributed by atoms with E-state index in [2.05, 4.69) is 17.1 Å². The maximum Gasteiger partial charge on any atom is 0.249 e. The molecule has 0 aromatic rings. The maximum atomic E-state index is 12.4. The highest BCUT2D eigenvalue weighted by molar-refractivity contribution is 5.81. The van der Waals surface area contributed by atoms with Crippen LogP contribution in [0, 0.1) is 17.8 Å². The van der Waals surface area contributed by atoms with E-state index in [1.165, 1.54) is 32.2 Å². The standard InChI is InChI=1S/C20H34N2O3/c1-15-13-22(14-17-5-10-24-11-6-17)9-8-20(15)7-4-18(25-20)19(23)21-12-16-2-3-16/h15-18H,2-14H2,1H3,(H,21,23)/t15-,18?,20+/m0/s1. The largest absolute Gasteiger partial charge is 0.381 e. The second-order valence-corrected chi connectivity index (χ2v) is 8.86. The van der Waals surface area contributed by atoms with E-state index < -0.39 is 0 Å². The summed E-state index contributed by atoms with van der Waals surface area (Å²) in [4.78, 5) is 15.0. The molecule has 4 rings (SSSR count). The number of nitrogens with zero attached hydrogens (tertiary/aromatic N) is 1. The molecule has 0 bridgehead atoms. The molecule has 4 aliphatic rings. The van der Waals surface area contributed by atoms with Crippen LogP contribution in [0.25, 0.3) is 0 Å². The molecular weight excluding hydrogens is 316 g/mol. The Morgan fingerprint density at radius 2 is 1.92 bits per heavy atom. The molecule has 3 heterocycles. The SMILES string of the molecule is C[C@H]1CN(CC2CCOCC2)CC[C@]12CCC(C(=O)NCC1CC1)O2. The number of carbonyl (C=O) groups excluding carboxylic acids is 1. The number of amides is 1. The van der Waals surface area contributed by atoms with Crippen LogP contribution in [0.15, 0.2) is 0 Å². The first-order valence-corrected chi connectivity index (χ1v) is 10.4. The van der Waals surface area contributed by atoms with Crippen molar-refractivity contribution in [2.75, 3.05) is 39.4 Å². The van der Waals surface area contributed by atoms with Crippen LogP contribution in [0.5, 0.6) is 0 Å². The van der Waals surface area contributed by atoms with Crippen LogP contribution in [-0.4, -0.2) is 61.9 Å². The molecule has 1 N–H and O–H groups in total. The van der Waals surface area contributed by atoms with Crippen LogP contribution in [0.1, 0.15) is 51.9 Å². The summed E-state index contributed by atoms with van der Waals surface area (Å²) in [7, 11) is 0. The fraction of sp³-hybridized carbons (Fsp3) is 0.950. The van der Waals surface area contributed by atoms with Gasteiger partial charge in [-0.25, -0.2) is 0 Å². The lowest BCUT2D eigenvalue weighted by atomic mass is 9.79. The molecule has 5 nitrogen and oxygen atoms in total. The third-order valence-corrected chi connectivity index (χ3v) is 6.90. The molecule has 3 aliphatic heterocycles. The average molecular weight is 351 g/mol. The van der Waals surface area contributed by atoms with E-state index in [9.17, 15) is 4.79 Å². The lowest BCUT2D eigenvalue weighted by Crippen LogP contribution is -2.52. The molecule has 25 heavy (non-hydrogen) atoms. The first kappa shape index (κ1) is 17.7. The quantitative estimate of drug-likeness (QED) is 0.826. The Kier molecular flexibility index (Phi) is 5.35. The van der Waals surface area contributed by atoms with Gasteiger partial charge in [-0.3, -0.25) is 4.79 Å². The van der Waals surface area contributed by atoms with Gasteiger partial charge in [0.1, 0.15) is 6.10 Å². The molecular formula is C20H34N2O3. The molecule has 1 spiro atoms. The van der Waals surface area contributed by atoms with Crippen LogP contribution in [0.4, 0.5) is 0 Å². The molecule has 142 valence electrons. The first-order chi connectivity index (χ1) is 12.1. The molecule has 1 saturated carbocycles. The second-order valence-electron chi connectivity index (χ2n) is 8.86. The molecule has 1 aliphatic carbocycles. The summed E-state index contributed by atoms with van der Waals surface area (Å²) < 4.78 is 11.9. The van der Waals surface area contributed by atoms with E-state index in [1.54, 1.807) is 0 Å². The zero-order chi connectivity index (χ0) is 17.3. The van der Waals surface area contributed by atoms with Crippen molar-refractivity contribution in [3.05, 3.63) is 0 Å². The van der Waals surface area contributed by atoms with Gasteiger partial charge >= 0.3 is 0 Å². The monoisotopic (exact) mass is 350 g/mol. The fourth-order valence-electron chi connectivity index (χ4n) is 4.89. The molecule has 4 fully saturated rings. The molecule has 0 radical (unpaired) electrons. The van der Waals surface area contributed by atoms with Gasteiger partial charge in [0.2, 0.25) is 5.91 Å². The van der Waals surface area contributed by atoms with Gasteiger partial charge in [-0.15, -0.1) is 0 Å². The van der Waals surface area contributed by atoms with Crippen LogP contribution in [0.2, 0.25) is 0 Å². The fourth-order valence-corrected chi connectivity index (χ4v) is 4.89. The van der Waals surface area contributed by atoms with Crippen molar-refractivity contribution in [3.63, 3.8) is 0 Å². The van der Waals surface area contributed by atoms with E-state index in [0.29, 0.717) is 5.92 Å². The third-order valence-electron chi connectivity index (χ3n) is 6.90. The summed E-state index contributed by atoms with van der Waals surface area (Å²) >= 11 is 0. The van der Waals surface area contributed by atoms with Gasteiger partial charge in [0.05, 0.1) is 5.60 Å². The summed E-state index contributed by atoms with van der Waals surface area (Å²) in [5.41, 5.74) is -0.0617. The Balaban J connectivity index is 1.26. The topological polar surface area (TPSA) is 50.8 Å². The van der Waals surface area contributed by atoms with Crippen LogP contribution in [0.3, 0.4) is 0 Å². The van der Waals surface area contributed by atoms with Crippen molar-refractivity contribution < 1.29 is 14.3 Å². The Labute approximate surface area is 151 Å². The zero-order valence-electron chi connectivity index (χ0n) is 15.7. The van der Waals surface area contributed by atoms with E-state index >= 15 is 0 Å². The number of hydrogen-bond acceptors (Lipinski definition) is 4. The van der Waals surface area contributed by atoms with Gasteiger partial charge in [-0.2, -0.15) is 0 Å². The van der Waals surface area contributed by atoms with Gasteiger partial charge < -0.3 is 19.7 Å². The number of ether oxygens (including phenoxy) is 2. The van der Waals surface area contributed by atoms with E-state index in [-0.39, 0.29) is 17.6 Å². The number of hydrogen-bond donors (Lipinski definition) is 1. The van der Waals surface area contributed by atoms with Crippen molar-refractivity contribution >= 4 is 5.91 Å². The summed E-state index contributed by atoms with van der Waals surface area (Å²) in [6.07, 6.45) is 7.74. The van der Waals surface area contributed by atoms with Crippen molar-refractivity contribution in [1.29, 1.82) is 0 Å². The minimum atomic E-state index is -0.219. The smallest absolute Gasteiger partial charge is 0.249 e. The van der Waals surface area contributed by atoms with Crippen molar-refractivity contribution in [3.8, 4) is 0 Å². The van der Waals surface area contributed by atoms with Crippen LogP contribution < -0.4 is 5.32 Å². The van der Waals surface area contributed by atoms with Crippen LogP contribution in [-0.2, 0) is 14.3 Å². The minimum absolute atomic E-state index is 0.0617. The molecule has 5 heteroatoms. The van der Waals surface area contributed by atoms with Gasteiger partial charge in [-0.05, 0) is 62.7 Å². The Hall–Kier alpha value is -0.650.